The second-order valence-electron chi connectivity index (χ2n) is 16.6. The van der Waals surface area contributed by atoms with Gasteiger partial charge in [0, 0.05) is 59.6 Å². The van der Waals surface area contributed by atoms with E-state index in [-0.39, 0.29) is 13.4 Å². The maximum Gasteiger partial charge on any atom is 0.252 e. The van der Waals surface area contributed by atoms with E-state index in [1.165, 1.54) is 123 Å². The Labute approximate surface area is 332 Å². The van der Waals surface area contributed by atoms with E-state index in [1.807, 2.05) is 0 Å². The Morgan fingerprint density at radius 3 is 1.28 bits per heavy atom. The van der Waals surface area contributed by atoms with E-state index in [9.17, 15) is 0 Å². The Hall–Kier alpha value is -6.91. The van der Waals surface area contributed by atoms with Gasteiger partial charge in [0.25, 0.3) is 13.4 Å². The molecule has 8 aromatic carbocycles. The van der Waals surface area contributed by atoms with E-state index in [0.29, 0.717) is 0 Å². The minimum Gasteiger partial charge on any atom is -0.356 e. The van der Waals surface area contributed by atoms with E-state index < -0.39 is 5.41 Å². The summed E-state index contributed by atoms with van der Waals surface area (Å²) in [6.07, 6.45) is 0. The third-order valence-electron chi connectivity index (χ3n) is 14.3. The molecule has 0 bridgehead atoms. The minimum atomic E-state index is -0.481. The number of hydrogen-bond donors (Lipinski definition) is 2. The second kappa shape index (κ2) is 10.3. The highest BCUT2D eigenvalue weighted by atomic mass is 15.1. The molecule has 0 saturated heterocycles. The van der Waals surface area contributed by atoms with Crippen LogP contribution in [0.3, 0.4) is 0 Å². The van der Waals surface area contributed by atoms with Gasteiger partial charge in [-0.05, 0) is 126 Å². The van der Waals surface area contributed by atoms with Crippen LogP contribution in [0.4, 0.5) is 45.5 Å². The standard InChI is InChI=1S/C51H34B2N4/c1-56-45-21-9-7-17-37(45)52-39-25-31-29-13-3-5-15-33(29)51(35(31)27-43(39)54-41-19-11-23-47(56)49(41)52)34-16-6-4-14-30(34)32-26-40-44(28-36(32)51)55-42-20-12-24-48-50(42)53(40)38-18-8-10-22-46(38)57(48)2/h3-28,54-55H,1-2H3. The number of benzene rings is 8. The molecule has 0 fully saturated rings. The highest BCUT2D eigenvalue weighted by Gasteiger charge is 2.54. The number of fused-ring (bicyclic) bond motifs is 18. The maximum atomic E-state index is 4.00. The summed E-state index contributed by atoms with van der Waals surface area (Å²) < 4.78 is 0. The van der Waals surface area contributed by atoms with Gasteiger partial charge < -0.3 is 20.4 Å². The van der Waals surface area contributed by atoms with Crippen molar-refractivity contribution in [1.29, 1.82) is 0 Å². The van der Waals surface area contributed by atoms with Crippen molar-refractivity contribution in [3.63, 3.8) is 0 Å². The summed E-state index contributed by atoms with van der Waals surface area (Å²) in [6.45, 7) is 0.270. The van der Waals surface area contributed by atoms with Gasteiger partial charge in [-0.1, -0.05) is 109 Å². The lowest BCUT2D eigenvalue weighted by Crippen LogP contribution is -2.60. The van der Waals surface area contributed by atoms with Crippen molar-refractivity contribution >= 4 is 91.7 Å². The summed E-state index contributed by atoms with van der Waals surface area (Å²) in [4.78, 5) is 4.72. The molecule has 6 heteroatoms. The Morgan fingerprint density at radius 2 is 0.789 bits per heavy atom. The van der Waals surface area contributed by atoms with Crippen LogP contribution in [0.15, 0.2) is 158 Å². The van der Waals surface area contributed by atoms with Gasteiger partial charge in [-0.25, -0.2) is 0 Å². The monoisotopic (exact) mass is 724 g/mol. The number of anilines is 8. The maximum absolute atomic E-state index is 4.00. The van der Waals surface area contributed by atoms with Crippen LogP contribution in [0.2, 0.25) is 0 Å². The van der Waals surface area contributed by atoms with Crippen LogP contribution in [0.25, 0.3) is 22.3 Å². The molecule has 0 saturated carbocycles. The molecule has 0 atom stereocenters. The molecule has 6 aliphatic rings. The van der Waals surface area contributed by atoms with Gasteiger partial charge in [0.05, 0.1) is 5.41 Å². The number of nitrogens with one attached hydrogen (secondary N) is 2. The largest absolute Gasteiger partial charge is 0.356 e. The van der Waals surface area contributed by atoms with Gasteiger partial charge in [-0.2, -0.15) is 0 Å². The molecule has 4 heterocycles. The molecule has 2 aliphatic carbocycles. The van der Waals surface area contributed by atoms with Crippen molar-refractivity contribution in [3.05, 3.63) is 180 Å². The Bertz CT molecular complexity index is 2960. The smallest absolute Gasteiger partial charge is 0.252 e. The molecule has 57 heavy (non-hydrogen) atoms. The van der Waals surface area contributed by atoms with Crippen LogP contribution in [-0.2, 0) is 5.41 Å². The van der Waals surface area contributed by atoms with Crippen LogP contribution in [0.5, 0.6) is 0 Å². The van der Waals surface area contributed by atoms with E-state index in [4.69, 9.17) is 0 Å². The molecular formula is C51H34B2N4. The van der Waals surface area contributed by atoms with E-state index in [2.05, 4.69) is 192 Å². The van der Waals surface area contributed by atoms with Gasteiger partial charge in [0.1, 0.15) is 0 Å². The molecule has 8 aromatic rings. The first-order chi connectivity index (χ1) is 28.1. The third kappa shape index (κ3) is 3.47. The predicted octanol–water partition coefficient (Wildman–Crippen LogP) is 7.34. The van der Waals surface area contributed by atoms with Crippen LogP contribution < -0.4 is 53.2 Å². The van der Waals surface area contributed by atoms with Crippen LogP contribution >= 0.6 is 0 Å². The lowest BCUT2D eigenvalue weighted by Gasteiger charge is -2.40. The number of rotatable bonds is 0. The Balaban J connectivity index is 1.05. The molecule has 0 unspecified atom stereocenters. The minimum absolute atomic E-state index is 0.135. The van der Waals surface area contributed by atoms with E-state index >= 15 is 0 Å². The molecule has 1 spiro atoms. The van der Waals surface area contributed by atoms with Crippen LogP contribution in [0.1, 0.15) is 22.3 Å². The molecule has 264 valence electrons. The van der Waals surface area contributed by atoms with E-state index in [1.54, 1.807) is 0 Å². The van der Waals surface area contributed by atoms with Crippen molar-refractivity contribution in [2.75, 3.05) is 34.5 Å². The van der Waals surface area contributed by atoms with Crippen molar-refractivity contribution < 1.29 is 0 Å². The molecule has 0 amide bonds. The first kappa shape index (κ1) is 30.3. The van der Waals surface area contributed by atoms with Gasteiger partial charge in [-0.3, -0.25) is 0 Å². The summed E-state index contributed by atoms with van der Waals surface area (Å²) in [5.74, 6) is 0. The summed E-state index contributed by atoms with van der Waals surface area (Å²) in [7, 11) is 4.41. The fourth-order valence-corrected chi connectivity index (χ4v) is 12.1. The molecule has 2 N–H and O–H groups in total. The summed E-state index contributed by atoms with van der Waals surface area (Å²) in [5.41, 5.74) is 28.2. The molecule has 4 aliphatic heterocycles. The zero-order chi connectivity index (χ0) is 37.3. The second-order valence-corrected chi connectivity index (χ2v) is 16.6. The normalized spacial score (nSPS) is 15.5. The zero-order valence-electron chi connectivity index (χ0n) is 31.6. The van der Waals surface area contributed by atoms with Crippen LogP contribution in [0, 0.1) is 0 Å². The predicted molar refractivity (Wildman–Crippen MR) is 241 cm³/mol. The Kier molecular flexibility index (Phi) is 5.47. The lowest BCUT2D eigenvalue weighted by atomic mass is 9.33. The van der Waals surface area contributed by atoms with Gasteiger partial charge in [-0.15, -0.1) is 0 Å². The van der Waals surface area contributed by atoms with E-state index in [0.717, 1.165) is 0 Å². The fraction of sp³-hybridized carbons (Fsp3) is 0.0588. The van der Waals surface area contributed by atoms with Gasteiger partial charge >= 0.3 is 0 Å². The fourth-order valence-electron chi connectivity index (χ4n) is 12.1. The zero-order valence-corrected chi connectivity index (χ0v) is 31.6. The first-order valence-corrected chi connectivity index (χ1v) is 20.1. The number of para-hydroxylation sites is 2. The quantitative estimate of drug-likeness (QED) is 0.161. The topological polar surface area (TPSA) is 30.5 Å². The third-order valence-corrected chi connectivity index (χ3v) is 14.3. The van der Waals surface area contributed by atoms with Crippen molar-refractivity contribution in [2.24, 2.45) is 0 Å². The molecule has 0 radical (unpaired) electrons. The molecule has 14 rings (SSSR count). The molecular weight excluding hydrogens is 690 g/mol. The average Bonchev–Trinajstić information content (AvgIpc) is 3.71. The SMILES string of the molecule is CN1c2ccccc2B2c3cc4c(cc3Nc3cccc1c32)C1(c2ccccc2-4)c2ccccc2-c2cc3c(cc21)Nc1cccc2c1B3c1ccccc1N2C. The lowest BCUT2D eigenvalue weighted by molar-refractivity contribution is 0.795. The summed E-state index contributed by atoms with van der Waals surface area (Å²) in [5, 5.41) is 8.00. The highest BCUT2D eigenvalue weighted by Crippen LogP contribution is 2.63. The molecule has 0 aromatic heterocycles. The first-order valence-electron chi connectivity index (χ1n) is 20.1. The Morgan fingerprint density at radius 1 is 0.368 bits per heavy atom. The average molecular weight is 724 g/mol. The van der Waals surface area contributed by atoms with Crippen LogP contribution in [-0.4, -0.2) is 27.5 Å². The summed E-state index contributed by atoms with van der Waals surface area (Å²) in [6, 6.07) is 60.0. The number of nitrogens with zero attached hydrogens (tertiary/aromatic N) is 2. The molecule has 4 nitrogen and oxygen atoms in total. The van der Waals surface area contributed by atoms with Gasteiger partial charge in [0.15, 0.2) is 0 Å². The van der Waals surface area contributed by atoms with Gasteiger partial charge in [0.2, 0.25) is 0 Å². The number of hydrogen-bond acceptors (Lipinski definition) is 4. The van der Waals surface area contributed by atoms with Crippen molar-refractivity contribution in [1.82, 2.24) is 0 Å². The van der Waals surface area contributed by atoms with Crippen molar-refractivity contribution in [2.45, 2.75) is 5.41 Å². The van der Waals surface area contributed by atoms with Crippen molar-refractivity contribution in [3.8, 4) is 22.3 Å². The highest BCUT2D eigenvalue weighted by molar-refractivity contribution is 7.01. The summed E-state index contributed by atoms with van der Waals surface area (Å²) >= 11 is 0.